The summed E-state index contributed by atoms with van der Waals surface area (Å²) in [5, 5.41) is 2.64. The summed E-state index contributed by atoms with van der Waals surface area (Å²) in [6.07, 6.45) is 2.60. The van der Waals surface area contributed by atoms with Crippen molar-refractivity contribution in [2.45, 2.75) is 12.5 Å². The first-order valence-electron chi connectivity index (χ1n) is 3.78. The van der Waals surface area contributed by atoms with Gasteiger partial charge in [-0.3, -0.25) is 9.79 Å². The van der Waals surface area contributed by atoms with Crippen molar-refractivity contribution in [3.63, 3.8) is 0 Å². The summed E-state index contributed by atoms with van der Waals surface area (Å²) in [5.74, 6) is 2.37. The minimum atomic E-state index is 0.138. The van der Waals surface area contributed by atoms with Gasteiger partial charge in [-0.1, -0.05) is 0 Å². The molecule has 2 heterocycles. The van der Waals surface area contributed by atoms with Crippen molar-refractivity contribution in [2.75, 3.05) is 11.5 Å². The van der Waals surface area contributed by atoms with Gasteiger partial charge < -0.3 is 5.32 Å². The Labute approximate surface area is 69.6 Å². The molecule has 0 radical (unpaired) electrons. The zero-order valence-electron chi connectivity index (χ0n) is 6.12. The number of thioether (sulfide) groups is 1. The number of carbonyl (C=O) groups is 1. The van der Waals surface area contributed by atoms with E-state index in [1.165, 1.54) is 0 Å². The Morgan fingerprint density at radius 3 is 3.45 bits per heavy atom. The van der Waals surface area contributed by atoms with Crippen LogP contribution in [-0.2, 0) is 4.79 Å². The van der Waals surface area contributed by atoms with Gasteiger partial charge in [0.1, 0.15) is 0 Å². The molecule has 1 fully saturated rings. The largest absolute Gasteiger partial charge is 0.317 e. The molecule has 0 aromatic carbocycles. The lowest BCUT2D eigenvalue weighted by Gasteiger charge is -2.29. The Bertz CT molecular complexity index is 205. The van der Waals surface area contributed by atoms with Crippen molar-refractivity contribution in [2.24, 2.45) is 10.9 Å². The van der Waals surface area contributed by atoms with E-state index in [4.69, 9.17) is 0 Å². The fourth-order valence-corrected chi connectivity index (χ4v) is 2.66. The molecule has 0 aliphatic carbocycles. The Morgan fingerprint density at radius 2 is 2.64 bits per heavy atom. The van der Waals surface area contributed by atoms with E-state index in [1.54, 1.807) is 6.34 Å². The van der Waals surface area contributed by atoms with Crippen molar-refractivity contribution in [3.8, 4) is 0 Å². The molecule has 2 unspecified atom stereocenters. The summed E-state index contributed by atoms with van der Waals surface area (Å²) < 4.78 is 0. The predicted molar refractivity (Wildman–Crippen MR) is 45.9 cm³/mol. The van der Waals surface area contributed by atoms with Gasteiger partial charge in [0.05, 0.1) is 18.3 Å². The molecule has 2 aliphatic rings. The first-order chi connectivity index (χ1) is 5.38. The molecule has 2 atom stereocenters. The van der Waals surface area contributed by atoms with Crippen LogP contribution in [0.3, 0.4) is 0 Å². The normalized spacial score (nSPS) is 36.2. The Kier molecular flexibility index (Phi) is 1.85. The van der Waals surface area contributed by atoms with Crippen LogP contribution in [0.2, 0.25) is 0 Å². The third-order valence-electron chi connectivity index (χ3n) is 2.13. The van der Waals surface area contributed by atoms with E-state index in [9.17, 15) is 4.79 Å². The number of hydrogen-bond donors (Lipinski definition) is 1. The van der Waals surface area contributed by atoms with Gasteiger partial charge in [-0.05, 0) is 12.2 Å². The molecular weight excluding hydrogens is 160 g/mol. The van der Waals surface area contributed by atoms with E-state index < -0.39 is 0 Å². The van der Waals surface area contributed by atoms with Crippen LogP contribution in [0.1, 0.15) is 6.42 Å². The van der Waals surface area contributed by atoms with E-state index >= 15 is 0 Å². The molecule has 0 saturated carbocycles. The maximum absolute atomic E-state index is 11.2. The highest BCUT2D eigenvalue weighted by molar-refractivity contribution is 7.99. The van der Waals surface area contributed by atoms with E-state index in [2.05, 4.69) is 10.3 Å². The third-order valence-corrected chi connectivity index (χ3v) is 3.25. The predicted octanol–water partition coefficient (Wildman–Crippen LogP) is 0.266. The molecule has 1 N–H and O–H groups in total. The zero-order valence-corrected chi connectivity index (χ0v) is 6.93. The molecule has 4 heteroatoms. The van der Waals surface area contributed by atoms with E-state index in [0.29, 0.717) is 0 Å². The van der Waals surface area contributed by atoms with Crippen molar-refractivity contribution in [3.05, 3.63) is 0 Å². The van der Waals surface area contributed by atoms with Gasteiger partial charge in [0.2, 0.25) is 5.91 Å². The van der Waals surface area contributed by atoms with Gasteiger partial charge in [0, 0.05) is 5.75 Å². The average Bonchev–Trinajstić information content (AvgIpc) is 2.06. The fraction of sp³-hybridized carbons (Fsp3) is 0.714. The average molecular weight is 170 g/mol. The molecule has 11 heavy (non-hydrogen) atoms. The lowest BCUT2D eigenvalue weighted by Crippen LogP contribution is -2.44. The van der Waals surface area contributed by atoms with Crippen LogP contribution >= 0.6 is 11.8 Å². The molecule has 2 rings (SSSR count). The minimum Gasteiger partial charge on any atom is -0.317 e. The molecule has 1 amide bonds. The SMILES string of the molecule is O=C1NC=NC2CCSCC12. The lowest BCUT2D eigenvalue weighted by molar-refractivity contribution is -0.123. The Balaban J connectivity index is 2.15. The maximum Gasteiger partial charge on any atom is 0.231 e. The fourth-order valence-electron chi connectivity index (χ4n) is 1.46. The van der Waals surface area contributed by atoms with Gasteiger partial charge in [-0.2, -0.15) is 11.8 Å². The molecule has 1 saturated heterocycles. The topological polar surface area (TPSA) is 41.5 Å². The van der Waals surface area contributed by atoms with Crippen molar-refractivity contribution < 1.29 is 4.79 Å². The summed E-state index contributed by atoms with van der Waals surface area (Å²) in [5.41, 5.74) is 0. The number of nitrogens with zero attached hydrogens (tertiary/aromatic N) is 1. The quantitative estimate of drug-likeness (QED) is 0.567. The minimum absolute atomic E-state index is 0.138. The summed E-state index contributed by atoms with van der Waals surface area (Å²) >= 11 is 1.85. The smallest absolute Gasteiger partial charge is 0.231 e. The monoisotopic (exact) mass is 170 g/mol. The summed E-state index contributed by atoms with van der Waals surface area (Å²) in [6.45, 7) is 0. The Hall–Kier alpha value is -0.510. The number of fused-ring (bicyclic) bond motifs is 1. The summed E-state index contributed by atoms with van der Waals surface area (Å²) in [4.78, 5) is 15.4. The number of nitrogens with one attached hydrogen (secondary N) is 1. The molecule has 2 aliphatic heterocycles. The second kappa shape index (κ2) is 2.85. The maximum atomic E-state index is 11.2. The second-order valence-corrected chi connectivity index (χ2v) is 3.97. The highest BCUT2D eigenvalue weighted by Gasteiger charge is 2.32. The van der Waals surface area contributed by atoms with Crippen molar-refractivity contribution in [1.82, 2.24) is 5.32 Å². The van der Waals surface area contributed by atoms with Gasteiger partial charge in [-0.25, -0.2) is 0 Å². The van der Waals surface area contributed by atoms with Crippen LogP contribution in [0.4, 0.5) is 0 Å². The van der Waals surface area contributed by atoms with Crippen molar-refractivity contribution in [1.29, 1.82) is 0 Å². The molecule has 0 spiro atoms. The zero-order chi connectivity index (χ0) is 7.68. The highest BCUT2D eigenvalue weighted by Crippen LogP contribution is 2.26. The van der Waals surface area contributed by atoms with E-state index in [-0.39, 0.29) is 17.9 Å². The number of amides is 1. The molecule has 60 valence electrons. The highest BCUT2D eigenvalue weighted by atomic mass is 32.2. The number of carbonyl (C=O) groups excluding carboxylic acids is 1. The van der Waals surface area contributed by atoms with Gasteiger partial charge in [-0.15, -0.1) is 0 Å². The number of hydrogen-bond acceptors (Lipinski definition) is 3. The van der Waals surface area contributed by atoms with Crippen LogP contribution < -0.4 is 5.32 Å². The Morgan fingerprint density at radius 1 is 1.73 bits per heavy atom. The summed E-state index contributed by atoms with van der Waals surface area (Å²) in [6, 6.07) is 0.269. The molecule has 0 aromatic rings. The lowest BCUT2D eigenvalue weighted by atomic mass is 9.98. The second-order valence-electron chi connectivity index (χ2n) is 2.82. The first kappa shape index (κ1) is 7.16. The molecule has 0 aromatic heterocycles. The van der Waals surface area contributed by atoms with E-state index in [0.717, 1.165) is 17.9 Å². The standard InChI is InChI=1S/C7H10N2OS/c10-7-5-3-11-2-1-6(5)8-4-9-7/h4-6H,1-3H2,(H,8,9,10). The molecular formula is C7H10N2OS. The molecule has 3 nitrogen and oxygen atoms in total. The van der Waals surface area contributed by atoms with Crippen LogP contribution in [0.15, 0.2) is 4.99 Å². The number of rotatable bonds is 0. The van der Waals surface area contributed by atoms with E-state index in [1.807, 2.05) is 11.8 Å². The summed E-state index contributed by atoms with van der Waals surface area (Å²) in [7, 11) is 0. The van der Waals surface area contributed by atoms with Crippen molar-refractivity contribution >= 4 is 24.0 Å². The van der Waals surface area contributed by atoms with Crippen LogP contribution in [-0.4, -0.2) is 29.8 Å². The van der Waals surface area contributed by atoms with Crippen LogP contribution in [0.25, 0.3) is 0 Å². The third kappa shape index (κ3) is 1.27. The van der Waals surface area contributed by atoms with Crippen LogP contribution in [0, 0.1) is 5.92 Å². The van der Waals surface area contributed by atoms with Gasteiger partial charge in [0.25, 0.3) is 0 Å². The molecule has 0 bridgehead atoms. The number of aliphatic imine (C=N–C) groups is 1. The van der Waals surface area contributed by atoms with Gasteiger partial charge >= 0.3 is 0 Å². The van der Waals surface area contributed by atoms with Gasteiger partial charge in [0.15, 0.2) is 0 Å². The first-order valence-corrected chi connectivity index (χ1v) is 4.93. The van der Waals surface area contributed by atoms with Crippen LogP contribution in [0.5, 0.6) is 0 Å².